The van der Waals surface area contributed by atoms with Gasteiger partial charge in [0.05, 0.1) is 0 Å². The lowest BCUT2D eigenvalue weighted by Crippen LogP contribution is -2.42. The molecule has 0 spiro atoms. The Morgan fingerprint density at radius 1 is 1.28 bits per heavy atom. The van der Waals surface area contributed by atoms with E-state index in [1.54, 1.807) is 0 Å². The van der Waals surface area contributed by atoms with Gasteiger partial charge in [-0.05, 0) is 12.8 Å². The minimum Gasteiger partial charge on any atom is -0.480 e. The van der Waals surface area contributed by atoms with E-state index in [4.69, 9.17) is 5.11 Å². The van der Waals surface area contributed by atoms with Crippen molar-refractivity contribution in [3.8, 4) is 0 Å². The van der Waals surface area contributed by atoms with Crippen molar-refractivity contribution >= 4 is 17.8 Å². The van der Waals surface area contributed by atoms with Gasteiger partial charge >= 0.3 is 5.97 Å². The number of hydrogen-bond acceptors (Lipinski definition) is 3. The molecular formula is C13H21NO4. The molecule has 1 rings (SSSR count). The molecule has 1 fully saturated rings. The monoisotopic (exact) mass is 255 g/mol. The molecule has 0 bridgehead atoms. The molecule has 1 saturated heterocycles. The van der Waals surface area contributed by atoms with Crippen LogP contribution in [0.25, 0.3) is 0 Å². The lowest BCUT2D eigenvalue weighted by molar-refractivity contribution is -0.154. The molecule has 1 aliphatic rings. The van der Waals surface area contributed by atoms with Gasteiger partial charge in [-0.15, -0.1) is 0 Å². The minimum atomic E-state index is -1.08. The highest BCUT2D eigenvalue weighted by molar-refractivity contribution is 6.01. The Morgan fingerprint density at radius 3 is 2.56 bits per heavy atom. The highest BCUT2D eigenvalue weighted by Gasteiger charge is 2.39. The van der Waals surface area contributed by atoms with Crippen LogP contribution in [0.2, 0.25) is 0 Å². The Kier molecular flexibility index (Phi) is 5.82. The summed E-state index contributed by atoms with van der Waals surface area (Å²) in [6.45, 7) is 2.12. The maximum atomic E-state index is 11.8. The quantitative estimate of drug-likeness (QED) is 0.705. The van der Waals surface area contributed by atoms with Crippen LogP contribution in [-0.2, 0) is 14.4 Å². The van der Waals surface area contributed by atoms with E-state index in [0.29, 0.717) is 0 Å². The zero-order valence-corrected chi connectivity index (χ0v) is 10.9. The molecule has 0 aromatic carbocycles. The van der Waals surface area contributed by atoms with E-state index in [1.807, 2.05) is 0 Å². The second-order valence-corrected chi connectivity index (χ2v) is 4.71. The zero-order chi connectivity index (χ0) is 13.5. The summed E-state index contributed by atoms with van der Waals surface area (Å²) in [5, 5.41) is 8.95. The molecule has 1 heterocycles. The number of unbranched alkanes of at least 4 members (excludes halogenated alkanes) is 4. The SMILES string of the molecule is CCCCCCCC(=O)N1C(=O)CCC1C(=O)O. The number of amides is 2. The van der Waals surface area contributed by atoms with Crippen LogP contribution in [0.4, 0.5) is 0 Å². The van der Waals surface area contributed by atoms with Gasteiger partial charge in [0.25, 0.3) is 0 Å². The molecule has 18 heavy (non-hydrogen) atoms. The molecule has 1 aliphatic heterocycles. The van der Waals surface area contributed by atoms with Gasteiger partial charge in [-0.25, -0.2) is 4.79 Å². The summed E-state index contributed by atoms with van der Waals surface area (Å²) in [7, 11) is 0. The van der Waals surface area contributed by atoms with Crippen molar-refractivity contribution in [1.29, 1.82) is 0 Å². The Morgan fingerprint density at radius 2 is 1.94 bits per heavy atom. The number of carboxylic acids is 1. The highest BCUT2D eigenvalue weighted by Crippen LogP contribution is 2.21. The first kappa shape index (κ1) is 14.7. The summed E-state index contributed by atoms with van der Waals surface area (Å²) >= 11 is 0. The molecule has 2 amide bonds. The number of rotatable bonds is 7. The van der Waals surface area contributed by atoms with Gasteiger partial charge < -0.3 is 5.11 Å². The van der Waals surface area contributed by atoms with Gasteiger partial charge in [-0.3, -0.25) is 14.5 Å². The van der Waals surface area contributed by atoms with E-state index in [2.05, 4.69) is 6.92 Å². The van der Waals surface area contributed by atoms with Crippen LogP contribution < -0.4 is 0 Å². The van der Waals surface area contributed by atoms with Crippen LogP contribution in [-0.4, -0.2) is 33.8 Å². The summed E-state index contributed by atoms with van der Waals surface area (Å²) in [5.41, 5.74) is 0. The Labute approximate surface area is 107 Å². The number of nitrogens with zero attached hydrogens (tertiary/aromatic N) is 1. The summed E-state index contributed by atoms with van der Waals surface area (Å²) < 4.78 is 0. The van der Waals surface area contributed by atoms with E-state index in [0.717, 1.165) is 37.0 Å². The molecule has 0 radical (unpaired) electrons. The third-order valence-electron chi connectivity index (χ3n) is 3.26. The number of carbonyl (C=O) groups excluding carboxylic acids is 2. The van der Waals surface area contributed by atoms with Crippen molar-refractivity contribution in [1.82, 2.24) is 4.90 Å². The molecule has 0 saturated carbocycles. The zero-order valence-electron chi connectivity index (χ0n) is 10.9. The van der Waals surface area contributed by atoms with E-state index in [9.17, 15) is 14.4 Å². The number of hydrogen-bond donors (Lipinski definition) is 1. The fourth-order valence-corrected chi connectivity index (χ4v) is 2.23. The van der Waals surface area contributed by atoms with Crippen molar-refractivity contribution in [2.45, 2.75) is 64.3 Å². The predicted molar refractivity (Wildman–Crippen MR) is 65.9 cm³/mol. The van der Waals surface area contributed by atoms with Crippen LogP contribution in [0.5, 0.6) is 0 Å². The number of imide groups is 1. The summed E-state index contributed by atoms with van der Waals surface area (Å²) in [5.74, 6) is -1.76. The molecular weight excluding hydrogens is 234 g/mol. The summed E-state index contributed by atoms with van der Waals surface area (Å²) in [6.07, 6.45) is 5.75. The molecule has 0 aromatic rings. The smallest absolute Gasteiger partial charge is 0.326 e. The molecule has 1 N–H and O–H groups in total. The van der Waals surface area contributed by atoms with E-state index in [-0.39, 0.29) is 31.1 Å². The number of carboxylic acid groups (broad SMARTS) is 1. The Balaban J connectivity index is 2.39. The van der Waals surface area contributed by atoms with Crippen molar-refractivity contribution in [3.63, 3.8) is 0 Å². The predicted octanol–water partition coefficient (Wildman–Crippen LogP) is 1.95. The second-order valence-electron chi connectivity index (χ2n) is 4.71. The van der Waals surface area contributed by atoms with Crippen molar-refractivity contribution < 1.29 is 19.5 Å². The maximum absolute atomic E-state index is 11.8. The van der Waals surface area contributed by atoms with E-state index in [1.165, 1.54) is 0 Å². The van der Waals surface area contributed by atoms with Crippen molar-refractivity contribution in [2.75, 3.05) is 0 Å². The van der Waals surface area contributed by atoms with E-state index < -0.39 is 12.0 Å². The maximum Gasteiger partial charge on any atom is 0.326 e. The van der Waals surface area contributed by atoms with E-state index >= 15 is 0 Å². The topological polar surface area (TPSA) is 74.7 Å². The fourth-order valence-electron chi connectivity index (χ4n) is 2.23. The van der Waals surface area contributed by atoms with Gasteiger partial charge in [0.1, 0.15) is 6.04 Å². The fraction of sp³-hybridized carbons (Fsp3) is 0.769. The van der Waals surface area contributed by atoms with Crippen molar-refractivity contribution in [2.24, 2.45) is 0 Å². The normalized spacial score (nSPS) is 19.3. The number of likely N-dealkylation sites (tertiary alicyclic amines) is 1. The second kappa shape index (κ2) is 7.13. The van der Waals surface area contributed by atoms with Crippen LogP contribution in [0.3, 0.4) is 0 Å². The van der Waals surface area contributed by atoms with Gasteiger partial charge in [0, 0.05) is 12.8 Å². The third kappa shape index (κ3) is 3.82. The number of carbonyl (C=O) groups is 3. The lowest BCUT2D eigenvalue weighted by atomic mass is 10.1. The van der Waals surface area contributed by atoms with Crippen LogP contribution in [0, 0.1) is 0 Å². The van der Waals surface area contributed by atoms with Gasteiger partial charge in [0.2, 0.25) is 11.8 Å². The molecule has 5 nitrogen and oxygen atoms in total. The molecule has 1 atom stereocenters. The molecule has 0 aromatic heterocycles. The molecule has 102 valence electrons. The standard InChI is InChI=1S/C13H21NO4/c1-2-3-4-5-6-7-11(15)14-10(13(17)18)8-9-12(14)16/h10H,2-9H2,1H3,(H,17,18). The Hall–Kier alpha value is -1.39. The number of aliphatic carboxylic acids is 1. The van der Waals surface area contributed by atoms with Crippen LogP contribution in [0.1, 0.15) is 58.3 Å². The first-order valence-corrected chi connectivity index (χ1v) is 6.65. The minimum absolute atomic E-state index is 0.165. The summed E-state index contributed by atoms with van der Waals surface area (Å²) in [6, 6.07) is -0.944. The first-order valence-electron chi connectivity index (χ1n) is 6.65. The average Bonchev–Trinajstić information content (AvgIpc) is 2.71. The lowest BCUT2D eigenvalue weighted by Gasteiger charge is -2.19. The average molecular weight is 255 g/mol. The van der Waals surface area contributed by atoms with Gasteiger partial charge in [-0.1, -0.05) is 32.6 Å². The van der Waals surface area contributed by atoms with Gasteiger partial charge in [-0.2, -0.15) is 0 Å². The van der Waals surface area contributed by atoms with Crippen molar-refractivity contribution in [3.05, 3.63) is 0 Å². The molecule has 5 heteroatoms. The van der Waals surface area contributed by atoms with Crippen LogP contribution >= 0.6 is 0 Å². The Bertz CT molecular complexity index is 327. The molecule has 1 unspecified atom stereocenters. The first-order chi connectivity index (χ1) is 8.57. The third-order valence-corrected chi connectivity index (χ3v) is 3.26. The highest BCUT2D eigenvalue weighted by atomic mass is 16.4. The van der Waals surface area contributed by atoms with Crippen LogP contribution in [0.15, 0.2) is 0 Å². The largest absolute Gasteiger partial charge is 0.480 e. The van der Waals surface area contributed by atoms with Gasteiger partial charge in [0.15, 0.2) is 0 Å². The molecule has 0 aliphatic carbocycles. The summed E-state index contributed by atoms with van der Waals surface area (Å²) in [4.78, 5) is 35.2.